The van der Waals surface area contributed by atoms with E-state index in [9.17, 15) is 14.7 Å². The standard InChI is InChI=1S/C27H39N5O4.2C2H6/c1-4-32-23(9-12-30-32)19-5-6-20(25(14-19)36-22-7-10-28-11-8-22)16-29-27(35)24-15-21(33)17-31(24)26(34)13-18(2)3;2*1-2/h5-6,9,12,14,18,21-22,24,28,33H,4,7-8,10-11,13,15-17H2,1-3H3,(H,29,35);2*1-2H3. The number of aliphatic hydroxyl groups excluding tert-OH is 1. The molecule has 1 aromatic heterocycles. The number of hydrogen-bond acceptors (Lipinski definition) is 6. The van der Waals surface area contributed by atoms with Crippen LogP contribution < -0.4 is 15.4 Å². The number of piperidine rings is 1. The van der Waals surface area contributed by atoms with Crippen LogP contribution in [0.2, 0.25) is 0 Å². The molecule has 4 rings (SSSR count). The summed E-state index contributed by atoms with van der Waals surface area (Å²) in [6.45, 7) is 17.1. The van der Waals surface area contributed by atoms with E-state index in [1.165, 1.54) is 4.90 Å². The lowest BCUT2D eigenvalue weighted by Crippen LogP contribution is -2.46. The van der Waals surface area contributed by atoms with Crippen LogP contribution in [0.5, 0.6) is 5.75 Å². The van der Waals surface area contributed by atoms with Crippen molar-refractivity contribution in [3.63, 3.8) is 0 Å². The molecule has 9 heteroatoms. The maximum atomic E-state index is 13.1. The van der Waals surface area contributed by atoms with Crippen molar-refractivity contribution < 1.29 is 19.4 Å². The van der Waals surface area contributed by atoms with E-state index >= 15 is 0 Å². The Morgan fingerprint density at radius 2 is 1.85 bits per heavy atom. The zero-order valence-corrected chi connectivity index (χ0v) is 25.6. The Kier molecular flexibility index (Phi) is 14.2. The van der Waals surface area contributed by atoms with Crippen molar-refractivity contribution in [1.82, 2.24) is 25.3 Å². The number of carbonyl (C=O) groups is 2. The highest BCUT2D eigenvalue weighted by atomic mass is 16.5. The number of amides is 2. The smallest absolute Gasteiger partial charge is 0.243 e. The fourth-order valence-electron chi connectivity index (χ4n) is 5.00. The zero-order valence-electron chi connectivity index (χ0n) is 25.6. The summed E-state index contributed by atoms with van der Waals surface area (Å²) in [6.07, 6.45) is 3.70. The van der Waals surface area contributed by atoms with Crippen LogP contribution >= 0.6 is 0 Å². The van der Waals surface area contributed by atoms with Crippen molar-refractivity contribution in [3.05, 3.63) is 36.0 Å². The molecule has 0 aliphatic carbocycles. The molecule has 2 aromatic rings. The van der Waals surface area contributed by atoms with Gasteiger partial charge in [0.2, 0.25) is 11.8 Å². The first kappa shape index (κ1) is 33.3. The van der Waals surface area contributed by atoms with Crippen LogP contribution in [0.15, 0.2) is 30.5 Å². The number of nitrogens with zero attached hydrogens (tertiary/aromatic N) is 3. The molecule has 2 amide bonds. The Hall–Kier alpha value is -2.91. The number of likely N-dealkylation sites (tertiary alicyclic amines) is 1. The average molecular weight is 558 g/mol. The van der Waals surface area contributed by atoms with Gasteiger partial charge in [-0.25, -0.2) is 0 Å². The van der Waals surface area contributed by atoms with Gasteiger partial charge in [0.1, 0.15) is 17.9 Å². The molecule has 2 saturated heterocycles. The third-order valence-electron chi connectivity index (χ3n) is 6.90. The SMILES string of the molecule is CC.CC.CCn1nccc1-c1ccc(CNC(=O)C2CC(O)CN2C(=O)CC(C)C)c(OC2CCNCC2)c1. The number of aromatic nitrogens is 2. The van der Waals surface area contributed by atoms with E-state index < -0.39 is 12.1 Å². The van der Waals surface area contributed by atoms with E-state index in [2.05, 4.69) is 22.7 Å². The lowest BCUT2D eigenvalue weighted by molar-refractivity contribution is -0.139. The molecule has 2 aliphatic heterocycles. The predicted molar refractivity (Wildman–Crippen MR) is 160 cm³/mol. The summed E-state index contributed by atoms with van der Waals surface area (Å²) in [7, 11) is 0. The minimum absolute atomic E-state index is 0.0893. The van der Waals surface area contributed by atoms with Crippen molar-refractivity contribution in [2.75, 3.05) is 19.6 Å². The quantitative estimate of drug-likeness (QED) is 0.422. The van der Waals surface area contributed by atoms with Crippen molar-refractivity contribution in [1.29, 1.82) is 0 Å². The third-order valence-corrected chi connectivity index (χ3v) is 6.90. The first-order valence-electron chi connectivity index (χ1n) is 15.1. The van der Waals surface area contributed by atoms with E-state index in [1.54, 1.807) is 6.20 Å². The molecule has 2 fully saturated rings. The number of benzene rings is 1. The molecule has 224 valence electrons. The van der Waals surface area contributed by atoms with Gasteiger partial charge in [-0.15, -0.1) is 0 Å². The zero-order chi connectivity index (χ0) is 29.7. The molecule has 40 heavy (non-hydrogen) atoms. The number of aryl methyl sites for hydroxylation is 1. The Balaban J connectivity index is 0.00000134. The molecule has 3 heterocycles. The fourth-order valence-corrected chi connectivity index (χ4v) is 5.00. The fraction of sp³-hybridized carbons (Fsp3) is 0.645. The molecule has 0 saturated carbocycles. The van der Waals surface area contributed by atoms with Crippen LogP contribution in [0.1, 0.15) is 79.7 Å². The van der Waals surface area contributed by atoms with Gasteiger partial charge in [0.15, 0.2) is 0 Å². The number of rotatable bonds is 9. The van der Waals surface area contributed by atoms with Gasteiger partial charge in [0.05, 0.1) is 11.8 Å². The van der Waals surface area contributed by atoms with Crippen molar-refractivity contribution in [2.45, 2.75) is 105 Å². The van der Waals surface area contributed by atoms with E-state index in [4.69, 9.17) is 4.74 Å². The highest BCUT2D eigenvalue weighted by Crippen LogP contribution is 2.30. The van der Waals surface area contributed by atoms with Gasteiger partial charge in [-0.3, -0.25) is 14.3 Å². The number of ether oxygens (including phenoxy) is 1. The molecule has 2 aliphatic rings. The van der Waals surface area contributed by atoms with Crippen LogP contribution in [0.25, 0.3) is 11.3 Å². The van der Waals surface area contributed by atoms with Crippen LogP contribution in [-0.2, 0) is 22.7 Å². The Morgan fingerprint density at radius 3 is 2.50 bits per heavy atom. The molecule has 3 N–H and O–H groups in total. The van der Waals surface area contributed by atoms with Gasteiger partial charge in [0, 0.05) is 49.8 Å². The van der Waals surface area contributed by atoms with Crippen LogP contribution in [0.4, 0.5) is 0 Å². The van der Waals surface area contributed by atoms with Crippen molar-refractivity contribution in [2.24, 2.45) is 5.92 Å². The molecule has 0 spiro atoms. The summed E-state index contributed by atoms with van der Waals surface area (Å²) >= 11 is 0. The first-order valence-corrected chi connectivity index (χ1v) is 15.1. The van der Waals surface area contributed by atoms with Gasteiger partial charge in [0.25, 0.3) is 0 Å². The summed E-state index contributed by atoms with van der Waals surface area (Å²) in [5.74, 6) is 0.608. The third kappa shape index (κ3) is 9.06. The molecule has 2 atom stereocenters. The number of hydrogen-bond donors (Lipinski definition) is 3. The van der Waals surface area contributed by atoms with Crippen LogP contribution in [0, 0.1) is 5.92 Å². The van der Waals surface area contributed by atoms with Gasteiger partial charge in [-0.2, -0.15) is 5.10 Å². The van der Waals surface area contributed by atoms with Crippen LogP contribution in [-0.4, -0.2) is 69.5 Å². The molecule has 0 radical (unpaired) electrons. The highest BCUT2D eigenvalue weighted by Gasteiger charge is 2.38. The maximum absolute atomic E-state index is 13.1. The Labute approximate surface area is 240 Å². The number of β-amino-alcohol motifs (C(OH)–C–C–N with tert-alkyl or cyclic N) is 1. The average Bonchev–Trinajstić information content (AvgIpc) is 3.61. The summed E-state index contributed by atoms with van der Waals surface area (Å²) in [4.78, 5) is 27.3. The molecule has 2 unspecified atom stereocenters. The van der Waals surface area contributed by atoms with Gasteiger partial charge >= 0.3 is 0 Å². The topological polar surface area (TPSA) is 109 Å². The lowest BCUT2D eigenvalue weighted by atomic mass is 10.1. The largest absolute Gasteiger partial charge is 0.490 e. The molecular weight excluding hydrogens is 506 g/mol. The summed E-state index contributed by atoms with van der Waals surface area (Å²) in [5, 5.41) is 20.9. The molecular formula is C31H51N5O4. The van der Waals surface area contributed by atoms with Gasteiger partial charge in [-0.1, -0.05) is 53.7 Å². The number of carbonyl (C=O) groups excluding carboxylic acids is 2. The molecule has 0 bridgehead atoms. The second-order valence-corrected chi connectivity index (χ2v) is 10.2. The normalized spacial score (nSPS) is 18.9. The first-order chi connectivity index (χ1) is 19.4. The molecule has 1 aromatic carbocycles. The Morgan fingerprint density at radius 1 is 1.15 bits per heavy atom. The van der Waals surface area contributed by atoms with E-state index in [-0.39, 0.29) is 43.3 Å². The van der Waals surface area contributed by atoms with E-state index in [0.29, 0.717) is 6.42 Å². The maximum Gasteiger partial charge on any atom is 0.243 e. The predicted octanol–water partition coefficient (Wildman–Crippen LogP) is 4.38. The van der Waals surface area contributed by atoms with Crippen molar-refractivity contribution in [3.8, 4) is 17.0 Å². The highest BCUT2D eigenvalue weighted by molar-refractivity contribution is 5.88. The summed E-state index contributed by atoms with van der Waals surface area (Å²) < 4.78 is 8.39. The van der Waals surface area contributed by atoms with Gasteiger partial charge < -0.3 is 25.4 Å². The van der Waals surface area contributed by atoms with Gasteiger partial charge in [-0.05, 0) is 50.9 Å². The van der Waals surface area contributed by atoms with Crippen LogP contribution in [0.3, 0.4) is 0 Å². The number of nitrogens with one attached hydrogen (secondary N) is 2. The second kappa shape index (κ2) is 17.0. The van der Waals surface area contributed by atoms with E-state index in [1.807, 2.05) is 70.5 Å². The van der Waals surface area contributed by atoms with E-state index in [0.717, 1.165) is 55.0 Å². The summed E-state index contributed by atoms with van der Waals surface area (Å²) in [6, 6.07) is 7.38. The minimum atomic E-state index is -0.682. The summed E-state index contributed by atoms with van der Waals surface area (Å²) in [5.41, 5.74) is 2.91. The minimum Gasteiger partial charge on any atom is -0.490 e. The molecule has 9 nitrogen and oxygen atoms in total. The van der Waals surface area contributed by atoms with Crippen molar-refractivity contribution >= 4 is 11.8 Å². The lowest BCUT2D eigenvalue weighted by Gasteiger charge is -2.26. The monoisotopic (exact) mass is 557 g/mol. The Bertz CT molecular complexity index is 1050. The number of aliphatic hydroxyl groups is 1. The second-order valence-electron chi connectivity index (χ2n) is 10.2.